The number of amides is 11. The van der Waals surface area contributed by atoms with Crippen molar-refractivity contribution in [2.75, 3.05) is 69.1 Å². The number of likely N-dealkylation sites (tertiary alicyclic amines) is 1. The summed E-state index contributed by atoms with van der Waals surface area (Å²) in [5.74, 6) is -12.1. The van der Waals surface area contributed by atoms with Gasteiger partial charge in [-0.1, -0.05) is 95.0 Å². The molecule has 3 aromatic heterocycles. The lowest BCUT2D eigenvalue weighted by molar-refractivity contribution is -0.159. The number of phenols is 1. The van der Waals surface area contributed by atoms with Crippen LogP contribution in [-0.2, 0) is 75.2 Å². The van der Waals surface area contributed by atoms with Gasteiger partial charge in [-0.15, -0.1) is 11.3 Å². The number of hydrogen-bond acceptors (Lipinski definition) is 29. The number of phenolic OH excluding ortho intramolecular Hbond substituents is 1. The number of nitrogen functional groups attached to an aromatic ring is 1. The van der Waals surface area contributed by atoms with Gasteiger partial charge in [0.15, 0.2) is 23.9 Å². The van der Waals surface area contributed by atoms with Gasteiger partial charge in [0.05, 0.1) is 42.3 Å². The Labute approximate surface area is 740 Å². The number of carbonyl (C=O) groups is 14. The summed E-state index contributed by atoms with van der Waals surface area (Å²) in [4.78, 5) is 222. The number of likely N-dealkylation sites (N-methyl/N-ethyl adjacent to an activating group) is 1. The molecule has 690 valence electrons. The first-order chi connectivity index (χ1) is 59.9. The number of carboxylic acids is 2. The molecule has 1 fully saturated rings. The van der Waals surface area contributed by atoms with E-state index in [2.05, 4.69) is 84.0 Å². The summed E-state index contributed by atoms with van der Waals surface area (Å²) in [7, 11) is 4.45. The third-order valence-electron chi connectivity index (χ3n) is 20.4. The zero-order chi connectivity index (χ0) is 92.7. The Morgan fingerprint density at radius 2 is 1.39 bits per heavy atom. The van der Waals surface area contributed by atoms with Crippen molar-refractivity contribution in [3.63, 3.8) is 0 Å². The fourth-order valence-electron chi connectivity index (χ4n) is 13.2. The molecule has 45 heteroatoms. The van der Waals surface area contributed by atoms with Crippen molar-refractivity contribution in [1.82, 2.24) is 93.4 Å². The number of carbonyl (C=O) groups excluding carboxylic acids is 12. The van der Waals surface area contributed by atoms with Crippen LogP contribution in [0.2, 0.25) is 0 Å². The highest BCUT2D eigenvalue weighted by atomic mass is 33.1. The van der Waals surface area contributed by atoms with E-state index in [0.717, 1.165) is 24.9 Å². The Kier molecular flexibility index (Phi) is 43.0. The van der Waals surface area contributed by atoms with Crippen LogP contribution in [0.5, 0.6) is 5.75 Å². The molecule has 1 saturated heterocycles. The number of rotatable bonds is 52. The summed E-state index contributed by atoms with van der Waals surface area (Å²) in [6.45, 7) is 15.0. The van der Waals surface area contributed by atoms with Gasteiger partial charge in [0.1, 0.15) is 48.3 Å². The van der Waals surface area contributed by atoms with Gasteiger partial charge in [-0.2, -0.15) is 4.98 Å². The van der Waals surface area contributed by atoms with Gasteiger partial charge in [0.2, 0.25) is 53.2 Å². The molecule has 0 radical (unpaired) electrons. The molecule has 11 atom stereocenters. The number of piperidine rings is 1. The van der Waals surface area contributed by atoms with Gasteiger partial charge in [-0.3, -0.25) is 87.8 Å². The first-order valence-corrected chi connectivity index (χ1v) is 44.9. The lowest BCUT2D eigenvalue weighted by Crippen LogP contribution is -2.59. The number of H-pyrrole nitrogens is 1. The average Bonchev–Trinajstić information content (AvgIpc) is 0.819. The number of thiazole rings is 1. The summed E-state index contributed by atoms with van der Waals surface area (Å²) >= 11 is 1.26. The molecule has 42 nitrogen and oxygen atoms in total. The highest BCUT2D eigenvalue weighted by Gasteiger charge is 2.40. The largest absolute Gasteiger partial charge is 0.508 e. The number of nitrogens with two attached hydrogens (primary N) is 2. The molecule has 0 bridgehead atoms. The molecular formula is C81H118N22O20S3. The van der Waals surface area contributed by atoms with Gasteiger partial charge < -0.3 is 94.3 Å². The van der Waals surface area contributed by atoms with E-state index in [4.69, 9.17) is 31.3 Å². The van der Waals surface area contributed by atoms with E-state index in [1.807, 2.05) is 53.5 Å². The van der Waals surface area contributed by atoms with Crippen molar-refractivity contribution in [3.05, 3.63) is 98.0 Å². The number of carboxylic acid groups (broad SMARTS) is 2. The van der Waals surface area contributed by atoms with E-state index < -0.39 is 144 Å². The SMILES string of the molecule is CCCC(=O)OCN(C(=O)[C@@H](NC(=O)[C@H]1CCCCN1C)C(C)CC)[C@H](C[C@@H](C)c1nc(C(=O)N[C@@H](Cc2ccc(O)cc2)C[C@H](C)C(=O)NNC(=O)OCCSSCCNC(=O)[C@@H](C)NC(=O)[C@H](CC(=O)O)NC(=O)[C@H](CCCNC(=N)N)NC(=O)[C@H](CC(=O)O)NC(=O)CCCNC(=O)c2ccc(NCc3cnc4nc(N)[nH]c(=O)c4n3)cc2)cs1)C(C)C. The maximum absolute atomic E-state index is 14.9. The van der Waals surface area contributed by atoms with E-state index >= 15 is 0 Å². The summed E-state index contributed by atoms with van der Waals surface area (Å²) < 4.78 is 11.0. The second-order valence-electron chi connectivity index (χ2n) is 30.9. The normalized spacial score (nSPS) is 15.0. The fraction of sp³-hybridized carbons (Fsp3) is 0.556. The van der Waals surface area contributed by atoms with Gasteiger partial charge in [0.25, 0.3) is 17.4 Å². The van der Waals surface area contributed by atoms with Gasteiger partial charge in [0, 0.05) is 84.5 Å². The maximum atomic E-state index is 14.9. The smallest absolute Gasteiger partial charge is 0.426 e. The monoisotopic (exact) mass is 1810 g/mol. The standard InChI is InChI=1S/C81H118N22O20S3/c1-10-16-64(110)123-43-103(78(120)65(45(5)11-2)97-75(118)59-18-12-13-31-102(59)9)60(44(3)4)36-47(7)77-96-58(42-124-77)74(117)92-52(37-49-20-26-54(104)27-21-49)35-46(6)68(111)100-101-81(121)122-32-34-126-125-33-30-86-69(112)48(8)90-72(115)57(39-63(108)109)95-71(114)55(17-14-29-87-79(82)83)94-73(116)56(38-62(106)107)93-61(105)19-15-28-85-70(113)50-22-24-51(25-23-50)88-40-53-41-89-67-66(91-53)76(119)99-80(84)98-67/h20-27,41-42,44-48,52,55-57,59-60,65,88,104H,10-19,28-40,43H2,1-9H3,(H,85,113)(H,86,112)(H,90,115)(H,92,117)(H,93,105)(H,94,116)(H,95,114)(H,97,118)(H,100,111)(H,101,121)(H,106,107)(H,108,109)(H4,82,83,87)(H3,84,89,98,99,119)/t45?,46-,47+,48+,52+,55-,56-,57-,59+,60+,65-/m0/s1. The van der Waals surface area contributed by atoms with Crippen LogP contribution in [0.1, 0.15) is 188 Å². The lowest BCUT2D eigenvalue weighted by atomic mass is 9.90. The summed E-state index contributed by atoms with van der Waals surface area (Å²) in [6.07, 6.45) is 2.45. The molecular weight excluding hydrogens is 1700 g/mol. The van der Waals surface area contributed by atoms with Crippen LogP contribution >= 0.6 is 32.9 Å². The van der Waals surface area contributed by atoms with Crippen LogP contribution in [0.3, 0.4) is 0 Å². The summed E-state index contributed by atoms with van der Waals surface area (Å²) in [6, 6.07) is 3.68. The molecule has 1 aliphatic heterocycles. The van der Waals surface area contributed by atoms with Crippen molar-refractivity contribution in [2.45, 2.75) is 212 Å². The Hall–Kier alpha value is -12.0. The Morgan fingerprint density at radius 1 is 0.722 bits per heavy atom. The number of fused-ring (bicyclic) bond motifs is 1. The summed E-state index contributed by atoms with van der Waals surface area (Å²) in [5.41, 5.74) is 17.2. The molecule has 4 heterocycles. The molecule has 126 heavy (non-hydrogen) atoms. The molecule has 2 aromatic carbocycles. The van der Waals surface area contributed by atoms with Crippen molar-refractivity contribution in [1.29, 1.82) is 5.41 Å². The van der Waals surface area contributed by atoms with Crippen LogP contribution < -0.4 is 81.0 Å². The minimum atomic E-state index is -1.84. The van der Waals surface area contributed by atoms with Crippen LogP contribution in [-0.4, -0.2) is 245 Å². The zero-order valence-electron chi connectivity index (χ0n) is 72.0. The topological polar surface area (TPSA) is 629 Å². The van der Waals surface area contributed by atoms with Gasteiger partial charge >= 0.3 is 24.0 Å². The number of aliphatic carboxylic acids is 2. The van der Waals surface area contributed by atoms with E-state index in [0.29, 0.717) is 47.8 Å². The van der Waals surface area contributed by atoms with E-state index in [9.17, 15) is 87.2 Å². The Bertz CT molecular complexity index is 4600. The molecule has 5 aromatic rings. The van der Waals surface area contributed by atoms with Gasteiger partial charge in [-0.05, 0) is 132 Å². The number of aromatic hydroxyl groups is 1. The highest BCUT2D eigenvalue weighted by Crippen LogP contribution is 2.31. The second-order valence-corrected chi connectivity index (χ2v) is 34.5. The molecule has 0 aliphatic carbocycles. The average molecular weight is 1820 g/mol. The third-order valence-corrected chi connectivity index (χ3v) is 23.8. The second kappa shape index (κ2) is 52.7. The van der Waals surface area contributed by atoms with Crippen molar-refractivity contribution < 1.29 is 91.9 Å². The van der Waals surface area contributed by atoms with Crippen LogP contribution in [0.15, 0.2) is 64.9 Å². The first-order valence-electron chi connectivity index (χ1n) is 41.5. The minimum absolute atomic E-state index is 0.00558. The molecule has 0 spiro atoms. The number of aromatic nitrogens is 5. The minimum Gasteiger partial charge on any atom is -0.508 e. The Balaban J connectivity index is 0.924. The van der Waals surface area contributed by atoms with Crippen molar-refractivity contribution in [3.8, 4) is 5.75 Å². The number of benzene rings is 2. The first kappa shape index (κ1) is 103. The van der Waals surface area contributed by atoms with E-state index in [1.165, 1.54) is 70.3 Å². The van der Waals surface area contributed by atoms with Crippen molar-refractivity contribution >= 4 is 145 Å². The number of hydrazine groups is 1. The molecule has 11 amide bonds. The summed E-state index contributed by atoms with van der Waals surface area (Å²) in [5, 5.41) is 65.6. The number of esters is 1. The number of hydrogen-bond donors (Lipinski definition) is 19. The third kappa shape index (κ3) is 35.2. The zero-order valence-corrected chi connectivity index (χ0v) is 74.5. The molecule has 6 rings (SSSR count). The molecule has 21 N–H and O–H groups in total. The Morgan fingerprint density at radius 3 is 2.06 bits per heavy atom. The van der Waals surface area contributed by atoms with E-state index in [-0.39, 0.29) is 160 Å². The lowest BCUT2D eigenvalue weighted by Gasteiger charge is -2.39. The predicted molar refractivity (Wildman–Crippen MR) is 470 cm³/mol. The number of nitrogens with one attached hydrogen (secondary N) is 14. The number of aromatic amines is 1. The van der Waals surface area contributed by atoms with E-state index in [1.54, 1.807) is 41.5 Å². The van der Waals surface area contributed by atoms with Crippen molar-refractivity contribution in [2.24, 2.45) is 23.5 Å². The van der Waals surface area contributed by atoms with Crippen LogP contribution in [0.25, 0.3) is 11.2 Å². The van der Waals surface area contributed by atoms with Gasteiger partial charge in [-0.25, -0.2) is 25.2 Å². The number of nitrogens with zero attached hydrogens (tertiary/aromatic N) is 6. The highest BCUT2D eigenvalue weighted by molar-refractivity contribution is 8.76. The fourth-order valence-corrected chi connectivity index (χ4v) is 15.8. The number of guanidine groups is 1. The molecule has 1 aliphatic rings. The number of ether oxygens (including phenoxy) is 2. The number of anilines is 2. The molecule has 1 unspecified atom stereocenters. The molecule has 0 saturated carbocycles. The van der Waals surface area contributed by atoms with Crippen LogP contribution in [0.4, 0.5) is 16.4 Å². The predicted octanol–water partition coefficient (Wildman–Crippen LogP) is 2.74. The maximum Gasteiger partial charge on any atom is 0.426 e. The van der Waals surface area contributed by atoms with Crippen LogP contribution in [0, 0.1) is 23.2 Å². The quantitative estimate of drug-likeness (QED) is 0.00506.